The van der Waals surface area contributed by atoms with Crippen LogP contribution in [0.3, 0.4) is 0 Å². The smallest absolute Gasteiger partial charge is 0.120 e. The van der Waals surface area contributed by atoms with E-state index in [0.717, 1.165) is 5.56 Å². The summed E-state index contributed by atoms with van der Waals surface area (Å²) in [5, 5.41) is 22.7. The Morgan fingerprint density at radius 1 is 1.11 bits per heavy atom. The van der Waals surface area contributed by atoms with Crippen molar-refractivity contribution in [1.82, 2.24) is 10.3 Å². The summed E-state index contributed by atoms with van der Waals surface area (Å²) in [4.78, 5) is 4.09. The van der Waals surface area contributed by atoms with Crippen molar-refractivity contribution in [2.24, 2.45) is 0 Å². The molecule has 1 aromatic carbocycles. The SMILES string of the molecule is CC(N[C@@H](C)c1cccnc1)c1cc(O)ccc1O. The van der Waals surface area contributed by atoms with Gasteiger partial charge in [0.1, 0.15) is 11.5 Å². The largest absolute Gasteiger partial charge is 0.508 e. The number of phenolic OH excluding ortho intramolecular Hbond substituents is 2. The first kappa shape index (κ1) is 13.4. The van der Waals surface area contributed by atoms with Crippen LogP contribution in [-0.4, -0.2) is 15.2 Å². The number of aromatic hydroxyl groups is 2. The summed E-state index contributed by atoms with van der Waals surface area (Å²) in [5.74, 6) is 0.326. The highest BCUT2D eigenvalue weighted by Crippen LogP contribution is 2.29. The molecular formula is C15H18N2O2. The normalized spacial score (nSPS) is 14.0. The van der Waals surface area contributed by atoms with Crippen molar-refractivity contribution in [1.29, 1.82) is 0 Å². The van der Waals surface area contributed by atoms with Gasteiger partial charge in [0.2, 0.25) is 0 Å². The Morgan fingerprint density at radius 2 is 1.89 bits per heavy atom. The van der Waals surface area contributed by atoms with Crippen LogP contribution in [-0.2, 0) is 0 Å². The van der Waals surface area contributed by atoms with Crippen LogP contribution in [0.5, 0.6) is 11.5 Å². The first-order valence-electron chi connectivity index (χ1n) is 6.26. The molecule has 0 aliphatic carbocycles. The second-order valence-corrected chi connectivity index (χ2v) is 4.64. The summed E-state index contributed by atoms with van der Waals surface area (Å²) in [7, 11) is 0. The van der Waals surface area contributed by atoms with Crippen LogP contribution in [0.15, 0.2) is 42.7 Å². The summed E-state index contributed by atoms with van der Waals surface area (Å²) in [6.45, 7) is 3.98. The summed E-state index contributed by atoms with van der Waals surface area (Å²) in [5.41, 5.74) is 1.75. The molecule has 2 rings (SSSR count). The maximum atomic E-state index is 9.83. The molecule has 0 aliphatic heterocycles. The van der Waals surface area contributed by atoms with Gasteiger partial charge in [-0.2, -0.15) is 0 Å². The molecule has 2 aromatic rings. The van der Waals surface area contributed by atoms with E-state index in [-0.39, 0.29) is 23.6 Å². The van der Waals surface area contributed by atoms with Gasteiger partial charge in [-0.05, 0) is 43.7 Å². The molecule has 0 spiro atoms. The molecule has 0 fully saturated rings. The average molecular weight is 258 g/mol. The van der Waals surface area contributed by atoms with Crippen LogP contribution in [0.4, 0.5) is 0 Å². The lowest BCUT2D eigenvalue weighted by molar-refractivity contribution is 0.429. The van der Waals surface area contributed by atoms with Gasteiger partial charge in [-0.3, -0.25) is 4.98 Å². The van der Waals surface area contributed by atoms with Crippen molar-refractivity contribution in [3.05, 3.63) is 53.9 Å². The molecule has 0 saturated carbocycles. The van der Waals surface area contributed by atoms with Gasteiger partial charge < -0.3 is 15.5 Å². The number of benzene rings is 1. The number of hydrogen-bond acceptors (Lipinski definition) is 4. The van der Waals surface area contributed by atoms with Gasteiger partial charge in [0, 0.05) is 30.0 Å². The molecule has 4 heteroatoms. The molecule has 2 atom stereocenters. The highest BCUT2D eigenvalue weighted by atomic mass is 16.3. The monoisotopic (exact) mass is 258 g/mol. The van der Waals surface area contributed by atoms with Crippen molar-refractivity contribution >= 4 is 0 Å². The molecule has 0 amide bonds. The lowest BCUT2D eigenvalue weighted by Gasteiger charge is -2.21. The van der Waals surface area contributed by atoms with Crippen molar-refractivity contribution in [2.45, 2.75) is 25.9 Å². The molecule has 0 aliphatic rings. The summed E-state index contributed by atoms with van der Waals surface area (Å²) in [6.07, 6.45) is 3.55. The zero-order valence-corrected chi connectivity index (χ0v) is 11.0. The van der Waals surface area contributed by atoms with E-state index in [1.807, 2.05) is 32.2 Å². The van der Waals surface area contributed by atoms with Gasteiger partial charge >= 0.3 is 0 Å². The predicted octanol–water partition coefficient (Wildman–Crippen LogP) is 2.90. The van der Waals surface area contributed by atoms with Crippen molar-refractivity contribution < 1.29 is 10.2 Å². The molecule has 4 nitrogen and oxygen atoms in total. The van der Waals surface area contributed by atoms with Gasteiger partial charge in [-0.1, -0.05) is 6.07 Å². The number of pyridine rings is 1. The number of hydrogen-bond donors (Lipinski definition) is 3. The second kappa shape index (κ2) is 5.71. The molecule has 1 heterocycles. The topological polar surface area (TPSA) is 65.4 Å². The Hall–Kier alpha value is -2.07. The number of phenols is 2. The molecule has 0 bridgehead atoms. The average Bonchev–Trinajstić information content (AvgIpc) is 2.42. The van der Waals surface area contributed by atoms with E-state index in [4.69, 9.17) is 0 Å². The first-order chi connectivity index (χ1) is 9.08. The second-order valence-electron chi connectivity index (χ2n) is 4.64. The van der Waals surface area contributed by atoms with E-state index in [2.05, 4.69) is 10.3 Å². The Morgan fingerprint density at radius 3 is 2.58 bits per heavy atom. The van der Waals surface area contributed by atoms with Crippen LogP contribution in [0.2, 0.25) is 0 Å². The number of aromatic nitrogens is 1. The molecule has 0 saturated heterocycles. The van der Waals surface area contributed by atoms with Crippen molar-refractivity contribution in [2.75, 3.05) is 0 Å². The van der Waals surface area contributed by atoms with Gasteiger partial charge in [-0.15, -0.1) is 0 Å². The van der Waals surface area contributed by atoms with Crippen LogP contribution in [0.1, 0.15) is 37.1 Å². The summed E-state index contributed by atoms with van der Waals surface area (Å²) >= 11 is 0. The van der Waals surface area contributed by atoms with Gasteiger partial charge in [0.15, 0.2) is 0 Å². The molecular weight excluding hydrogens is 240 g/mol. The summed E-state index contributed by atoms with van der Waals surface area (Å²) in [6, 6.07) is 8.45. The Balaban J connectivity index is 2.13. The third kappa shape index (κ3) is 3.23. The van der Waals surface area contributed by atoms with E-state index in [0.29, 0.717) is 5.56 Å². The number of nitrogens with one attached hydrogen (secondary N) is 1. The molecule has 3 N–H and O–H groups in total. The van der Waals surface area contributed by atoms with Crippen molar-refractivity contribution in [3.8, 4) is 11.5 Å². The van der Waals surface area contributed by atoms with Crippen LogP contribution < -0.4 is 5.32 Å². The minimum Gasteiger partial charge on any atom is -0.508 e. The van der Waals surface area contributed by atoms with E-state index in [9.17, 15) is 10.2 Å². The maximum absolute atomic E-state index is 9.83. The Kier molecular flexibility index (Phi) is 4.02. The highest BCUT2D eigenvalue weighted by molar-refractivity contribution is 5.40. The third-order valence-corrected chi connectivity index (χ3v) is 3.16. The maximum Gasteiger partial charge on any atom is 0.120 e. The zero-order chi connectivity index (χ0) is 13.8. The van der Waals surface area contributed by atoms with E-state index in [1.165, 1.54) is 12.1 Å². The first-order valence-corrected chi connectivity index (χ1v) is 6.26. The quantitative estimate of drug-likeness (QED) is 0.738. The number of nitrogens with zero attached hydrogens (tertiary/aromatic N) is 1. The van der Waals surface area contributed by atoms with Gasteiger partial charge in [-0.25, -0.2) is 0 Å². The van der Waals surface area contributed by atoms with Crippen molar-refractivity contribution in [3.63, 3.8) is 0 Å². The molecule has 100 valence electrons. The fourth-order valence-corrected chi connectivity index (χ4v) is 2.08. The third-order valence-electron chi connectivity index (χ3n) is 3.16. The zero-order valence-electron chi connectivity index (χ0n) is 11.0. The van der Waals surface area contributed by atoms with E-state index in [1.54, 1.807) is 12.3 Å². The van der Waals surface area contributed by atoms with Gasteiger partial charge in [0.05, 0.1) is 0 Å². The van der Waals surface area contributed by atoms with Crippen LogP contribution >= 0.6 is 0 Å². The molecule has 1 unspecified atom stereocenters. The van der Waals surface area contributed by atoms with Crippen LogP contribution in [0.25, 0.3) is 0 Å². The standard InChI is InChI=1S/C15H18N2O2/c1-10(12-4-3-7-16-9-12)17-11(2)14-8-13(18)5-6-15(14)19/h3-11,17-19H,1-2H3/t10-,11?/m0/s1. The lowest BCUT2D eigenvalue weighted by Crippen LogP contribution is -2.22. The molecule has 0 radical (unpaired) electrons. The Labute approximate surface area is 112 Å². The number of rotatable bonds is 4. The summed E-state index contributed by atoms with van der Waals surface area (Å²) < 4.78 is 0. The van der Waals surface area contributed by atoms with E-state index >= 15 is 0 Å². The molecule has 1 aromatic heterocycles. The minimum absolute atomic E-state index is 0.0812. The molecule has 19 heavy (non-hydrogen) atoms. The van der Waals surface area contributed by atoms with Crippen LogP contribution in [0, 0.1) is 0 Å². The fraction of sp³-hybridized carbons (Fsp3) is 0.267. The predicted molar refractivity (Wildman–Crippen MR) is 74.0 cm³/mol. The van der Waals surface area contributed by atoms with Gasteiger partial charge in [0.25, 0.3) is 0 Å². The lowest BCUT2D eigenvalue weighted by atomic mass is 10.0. The fourth-order valence-electron chi connectivity index (χ4n) is 2.08. The Bertz CT molecular complexity index is 543. The highest BCUT2D eigenvalue weighted by Gasteiger charge is 2.14. The van der Waals surface area contributed by atoms with E-state index < -0.39 is 0 Å². The minimum atomic E-state index is -0.0812.